The minimum absolute atomic E-state index is 0.0669. The molecule has 0 bridgehead atoms. The molecule has 9 nitrogen and oxygen atoms in total. The number of hydrogen-bond donors (Lipinski definition) is 3. The van der Waals surface area contributed by atoms with E-state index in [2.05, 4.69) is 20.9 Å². The van der Waals surface area contributed by atoms with Crippen LogP contribution in [0.4, 0.5) is 4.79 Å². The number of aromatic nitrogens is 1. The first-order chi connectivity index (χ1) is 16.8. The topological polar surface area (TPSA) is 126 Å². The highest BCUT2D eigenvalue weighted by atomic mass is 16.5. The molecule has 9 heteroatoms. The second-order valence-electron chi connectivity index (χ2n) is 8.55. The minimum Gasteiger partial charge on any atom is -0.445 e. The standard InChI is InChI=1S/C26H34N4O5/c1-4-21(23(31)25(33)28-15-13-20-12-8-9-14-27-20)29-24(32)22(16-18(2)3)30-26(34)35-17-19-10-6-5-7-11-19/h5-12,14,18,21-22H,4,13,15-17H2,1-3H3,(H,28,33)(H,29,32)(H,30,34)/t21-,22-/m0/s1. The average molecular weight is 483 g/mol. The number of amides is 3. The number of nitrogens with one attached hydrogen (secondary N) is 3. The molecule has 0 aliphatic carbocycles. The van der Waals surface area contributed by atoms with E-state index in [1.54, 1.807) is 19.2 Å². The molecule has 2 rings (SSSR count). The third-order valence-corrected chi connectivity index (χ3v) is 5.19. The van der Waals surface area contributed by atoms with Gasteiger partial charge in [-0.3, -0.25) is 19.4 Å². The van der Waals surface area contributed by atoms with Crippen molar-refractivity contribution in [2.24, 2.45) is 5.92 Å². The number of rotatable bonds is 13. The van der Waals surface area contributed by atoms with Gasteiger partial charge in [-0.05, 0) is 36.5 Å². The molecule has 0 spiro atoms. The number of benzene rings is 1. The Labute approximate surface area is 206 Å². The summed E-state index contributed by atoms with van der Waals surface area (Å²) < 4.78 is 5.22. The van der Waals surface area contributed by atoms with Crippen LogP contribution in [-0.4, -0.2) is 47.3 Å². The highest BCUT2D eigenvalue weighted by Crippen LogP contribution is 2.08. The zero-order valence-electron chi connectivity index (χ0n) is 20.5. The molecule has 3 amide bonds. The van der Waals surface area contributed by atoms with Crippen LogP contribution < -0.4 is 16.0 Å². The van der Waals surface area contributed by atoms with E-state index < -0.39 is 35.8 Å². The van der Waals surface area contributed by atoms with Crippen LogP contribution in [0.25, 0.3) is 0 Å². The molecule has 2 aromatic rings. The van der Waals surface area contributed by atoms with E-state index in [0.717, 1.165) is 11.3 Å². The quantitative estimate of drug-likeness (QED) is 0.377. The number of ether oxygens (including phenoxy) is 1. The first-order valence-electron chi connectivity index (χ1n) is 11.8. The SMILES string of the molecule is CC[C@H](NC(=O)[C@H](CC(C)C)NC(=O)OCc1ccccc1)C(=O)C(=O)NCCc1ccccn1. The Hall–Kier alpha value is -3.75. The number of pyridine rings is 1. The summed E-state index contributed by atoms with van der Waals surface area (Å²) in [6, 6.07) is 12.7. The van der Waals surface area contributed by atoms with Crippen LogP contribution in [0.15, 0.2) is 54.7 Å². The van der Waals surface area contributed by atoms with Gasteiger partial charge in [-0.25, -0.2) is 4.79 Å². The Bertz CT molecular complexity index is 966. The predicted octanol–water partition coefficient (Wildman–Crippen LogP) is 2.55. The number of hydrogen-bond acceptors (Lipinski definition) is 6. The van der Waals surface area contributed by atoms with Gasteiger partial charge in [0.2, 0.25) is 11.7 Å². The van der Waals surface area contributed by atoms with Gasteiger partial charge in [0.25, 0.3) is 5.91 Å². The Morgan fingerprint density at radius 3 is 2.29 bits per heavy atom. The highest BCUT2D eigenvalue weighted by molar-refractivity contribution is 6.38. The van der Waals surface area contributed by atoms with Gasteiger partial charge in [0, 0.05) is 24.9 Å². The molecular formula is C26H34N4O5. The third-order valence-electron chi connectivity index (χ3n) is 5.19. The van der Waals surface area contributed by atoms with E-state index in [1.165, 1.54) is 0 Å². The second-order valence-corrected chi connectivity index (χ2v) is 8.55. The van der Waals surface area contributed by atoms with Crippen LogP contribution >= 0.6 is 0 Å². The molecule has 3 N–H and O–H groups in total. The molecule has 1 heterocycles. The van der Waals surface area contributed by atoms with E-state index in [0.29, 0.717) is 12.8 Å². The molecule has 0 saturated carbocycles. The van der Waals surface area contributed by atoms with Gasteiger partial charge in [0.05, 0.1) is 6.04 Å². The summed E-state index contributed by atoms with van der Waals surface area (Å²) in [7, 11) is 0. The lowest BCUT2D eigenvalue weighted by Crippen LogP contribution is -2.54. The van der Waals surface area contributed by atoms with Gasteiger partial charge < -0.3 is 20.7 Å². The molecule has 0 unspecified atom stereocenters. The largest absolute Gasteiger partial charge is 0.445 e. The fourth-order valence-corrected chi connectivity index (χ4v) is 3.33. The van der Waals surface area contributed by atoms with Crippen LogP contribution in [0.2, 0.25) is 0 Å². The Balaban J connectivity index is 1.89. The first kappa shape index (κ1) is 27.5. The molecule has 0 fully saturated rings. The van der Waals surface area contributed by atoms with Crippen molar-refractivity contribution in [2.45, 2.75) is 58.7 Å². The molecule has 0 aliphatic rings. The van der Waals surface area contributed by atoms with Crippen molar-refractivity contribution in [3.05, 3.63) is 66.0 Å². The van der Waals surface area contributed by atoms with Gasteiger partial charge in [-0.1, -0.05) is 57.2 Å². The van der Waals surface area contributed by atoms with Crippen molar-refractivity contribution in [2.75, 3.05) is 6.54 Å². The van der Waals surface area contributed by atoms with Crippen molar-refractivity contribution in [1.82, 2.24) is 20.9 Å². The van der Waals surface area contributed by atoms with E-state index in [1.807, 2.05) is 56.3 Å². The average Bonchev–Trinajstić information content (AvgIpc) is 2.86. The summed E-state index contributed by atoms with van der Waals surface area (Å²) in [6.45, 7) is 5.83. The summed E-state index contributed by atoms with van der Waals surface area (Å²) in [5.41, 5.74) is 1.61. The number of carbonyl (C=O) groups excluding carboxylic acids is 4. The molecule has 35 heavy (non-hydrogen) atoms. The van der Waals surface area contributed by atoms with Gasteiger partial charge in [-0.15, -0.1) is 0 Å². The number of Topliss-reactive ketones (excluding diaryl/α,β-unsaturated/α-hetero) is 1. The fraction of sp³-hybridized carbons (Fsp3) is 0.423. The maximum atomic E-state index is 12.9. The molecular weight excluding hydrogens is 448 g/mol. The van der Waals surface area contributed by atoms with Crippen molar-refractivity contribution in [3.8, 4) is 0 Å². The molecule has 1 aromatic carbocycles. The van der Waals surface area contributed by atoms with Crippen molar-refractivity contribution < 1.29 is 23.9 Å². The Morgan fingerprint density at radius 2 is 1.66 bits per heavy atom. The van der Waals surface area contributed by atoms with Crippen LogP contribution in [0, 0.1) is 5.92 Å². The molecule has 188 valence electrons. The molecule has 2 atom stereocenters. The summed E-state index contributed by atoms with van der Waals surface area (Å²) >= 11 is 0. The van der Waals surface area contributed by atoms with Crippen molar-refractivity contribution in [1.29, 1.82) is 0 Å². The van der Waals surface area contributed by atoms with E-state index in [-0.39, 0.29) is 25.5 Å². The number of nitrogens with zero attached hydrogens (tertiary/aromatic N) is 1. The lowest BCUT2D eigenvalue weighted by molar-refractivity contribution is -0.140. The number of ketones is 1. The predicted molar refractivity (Wildman–Crippen MR) is 131 cm³/mol. The van der Waals surface area contributed by atoms with Gasteiger partial charge in [-0.2, -0.15) is 0 Å². The van der Waals surface area contributed by atoms with Crippen LogP contribution in [0.1, 0.15) is 44.9 Å². The number of carbonyl (C=O) groups is 4. The van der Waals surface area contributed by atoms with E-state index >= 15 is 0 Å². The molecule has 0 radical (unpaired) electrons. The van der Waals surface area contributed by atoms with E-state index in [4.69, 9.17) is 4.74 Å². The van der Waals surface area contributed by atoms with Crippen LogP contribution in [0.3, 0.4) is 0 Å². The zero-order chi connectivity index (χ0) is 25.6. The maximum Gasteiger partial charge on any atom is 0.408 e. The number of alkyl carbamates (subject to hydrolysis) is 1. The first-order valence-corrected chi connectivity index (χ1v) is 11.8. The van der Waals surface area contributed by atoms with Crippen LogP contribution in [-0.2, 0) is 32.1 Å². The summed E-state index contributed by atoms with van der Waals surface area (Å²) in [5.74, 6) is -1.97. The highest BCUT2D eigenvalue weighted by Gasteiger charge is 2.29. The third kappa shape index (κ3) is 9.95. The Morgan fingerprint density at radius 1 is 0.943 bits per heavy atom. The zero-order valence-corrected chi connectivity index (χ0v) is 20.5. The molecule has 1 aromatic heterocycles. The second kappa shape index (κ2) is 14.5. The smallest absolute Gasteiger partial charge is 0.408 e. The lowest BCUT2D eigenvalue weighted by Gasteiger charge is -2.23. The van der Waals surface area contributed by atoms with Gasteiger partial charge in [0.15, 0.2) is 0 Å². The molecule has 0 aliphatic heterocycles. The fourth-order valence-electron chi connectivity index (χ4n) is 3.33. The van der Waals surface area contributed by atoms with E-state index in [9.17, 15) is 19.2 Å². The van der Waals surface area contributed by atoms with Crippen LogP contribution in [0.5, 0.6) is 0 Å². The molecule has 0 saturated heterocycles. The summed E-state index contributed by atoms with van der Waals surface area (Å²) in [4.78, 5) is 54.3. The van der Waals surface area contributed by atoms with Gasteiger partial charge in [0.1, 0.15) is 12.6 Å². The lowest BCUT2D eigenvalue weighted by atomic mass is 10.0. The monoisotopic (exact) mass is 482 g/mol. The normalized spacial score (nSPS) is 12.3. The van der Waals surface area contributed by atoms with Crippen molar-refractivity contribution >= 4 is 23.7 Å². The maximum absolute atomic E-state index is 12.9. The van der Waals surface area contributed by atoms with Crippen molar-refractivity contribution in [3.63, 3.8) is 0 Å². The Kier molecular flexibility index (Phi) is 11.4. The summed E-state index contributed by atoms with van der Waals surface area (Å²) in [5, 5.41) is 7.76. The summed E-state index contributed by atoms with van der Waals surface area (Å²) in [6.07, 6.45) is 1.97. The minimum atomic E-state index is -1.01. The van der Waals surface area contributed by atoms with Gasteiger partial charge >= 0.3 is 6.09 Å².